The first-order valence-electron chi connectivity index (χ1n) is 5.87. The van der Waals surface area contributed by atoms with Gasteiger partial charge in [0.15, 0.2) is 0 Å². The second kappa shape index (κ2) is 4.89. The Labute approximate surface area is 98.5 Å². The van der Waals surface area contributed by atoms with Crippen molar-refractivity contribution in [2.45, 2.75) is 40.0 Å². The first-order valence-corrected chi connectivity index (χ1v) is 5.87. The molecule has 0 fully saturated rings. The molecule has 0 aliphatic heterocycles. The second-order valence-electron chi connectivity index (χ2n) is 5.56. The van der Waals surface area contributed by atoms with Crippen molar-refractivity contribution in [1.29, 1.82) is 0 Å². The number of hydrogen-bond acceptors (Lipinski definition) is 2. The van der Waals surface area contributed by atoms with Crippen LogP contribution in [-0.2, 0) is 4.74 Å². The fourth-order valence-electron chi connectivity index (χ4n) is 2.17. The lowest BCUT2D eigenvalue weighted by Gasteiger charge is -2.34. The summed E-state index contributed by atoms with van der Waals surface area (Å²) in [6, 6.07) is 0. The van der Waals surface area contributed by atoms with Crippen molar-refractivity contribution in [2.75, 3.05) is 14.2 Å². The lowest BCUT2D eigenvalue weighted by atomic mass is 9.74. The fourth-order valence-corrected chi connectivity index (χ4v) is 2.17. The van der Waals surface area contributed by atoms with Gasteiger partial charge in [-0.15, -0.1) is 0 Å². The van der Waals surface area contributed by atoms with Crippen LogP contribution in [0.25, 0.3) is 0 Å². The molecule has 1 amide bonds. The molecule has 0 N–H and O–H groups in total. The van der Waals surface area contributed by atoms with Gasteiger partial charge in [-0.25, -0.2) is 4.79 Å². The van der Waals surface area contributed by atoms with E-state index in [0.29, 0.717) is 11.3 Å². The average Bonchev–Trinajstić information content (AvgIpc) is 2.26. The minimum Gasteiger partial charge on any atom is -0.452 e. The highest BCUT2D eigenvalue weighted by atomic mass is 16.5. The highest BCUT2D eigenvalue weighted by Crippen LogP contribution is 2.37. The molecule has 1 atom stereocenters. The van der Waals surface area contributed by atoms with E-state index in [0.717, 1.165) is 25.0 Å². The van der Waals surface area contributed by atoms with Crippen molar-refractivity contribution in [3.63, 3.8) is 0 Å². The summed E-state index contributed by atoms with van der Waals surface area (Å²) in [6.45, 7) is 6.83. The third-order valence-corrected chi connectivity index (χ3v) is 3.49. The largest absolute Gasteiger partial charge is 0.452 e. The lowest BCUT2D eigenvalue weighted by Crippen LogP contribution is -2.30. The number of hydrogen-bond donors (Lipinski definition) is 0. The van der Waals surface area contributed by atoms with E-state index in [-0.39, 0.29) is 6.09 Å². The summed E-state index contributed by atoms with van der Waals surface area (Å²) in [4.78, 5) is 13.0. The quantitative estimate of drug-likeness (QED) is 0.684. The predicted octanol–water partition coefficient (Wildman–Crippen LogP) is 3.41. The van der Waals surface area contributed by atoms with Crippen LogP contribution in [0.5, 0.6) is 0 Å². The van der Waals surface area contributed by atoms with E-state index in [1.807, 2.05) is 0 Å². The SMILES string of the molecule is COC(=O)N(C)C1=CCC(C(C)(C)C)CC1. The molecule has 0 aromatic carbocycles. The molecule has 0 heterocycles. The van der Waals surface area contributed by atoms with E-state index in [4.69, 9.17) is 4.74 Å². The van der Waals surface area contributed by atoms with Gasteiger partial charge in [0, 0.05) is 12.7 Å². The number of carbonyl (C=O) groups is 1. The number of ether oxygens (including phenoxy) is 1. The molecule has 3 nitrogen and oxygen atoms in total. The normalized spacial score (nSPS) is 21.3. The van der Waals surface area contributed by atoms with Crippen LogP contribution in [0.3, 0.4) is 0 Å². The molecule has 92 valence electrons. The predicted molar refractivity (Wildman–Crippen MR) is 65.0 cm³/mol. The van der Waals surface area contributed by atoms with Gasteiger partial charge >= 0.3 is 6.09 Å². The summed E-state index contributed by atoms with van der Waals surface area (Å²) in [7, 11) is 3.19. The van der Waals surface area contributed by atoms with Crippen molar-refractivity contribution in [3.8, 4) is 0 Å². The molecular weight excluding hydrogens is 202 g/mol. The minimum absolute atomic E-state index is 0.277. The van der Waals surface area contributed by atoms with Crippen LogP contribution in [0.4, 0.5) is 4.79 Å². The van der Waals surface area contributed by atoms with Crippen molar-refractivity contribution in [2.24, 2.45) is 11.3 Å². The van der Waals surface area contributed by atoms with Gasteiger partial charge in [0.1, 0.15) is 0 Å². The first kappa shape index (κ1) is 13.1. The Kier molecular flexibility index (Phi) is 4.00. The third-order valence-electron chi connectivity index (χ3n) is 3.49. The second-order valence-corrected chi connectivity index (χ2v) is 5.56. The molecule has 1 unspecified atom stereocenters. The fraction of sp³-hybridized carbons (Fsp3) is 0.769. The Morgan fingerprint density at radius 1 is 1.50 bits per heavy atom. The Morgan fingerprint density at radius 2 is 2.12 bits per heavy atom. The molecular formula is C13H23NO2. The van der Waals surface area contributed by atoms with E-state index in [9.17, 15) is 4.79 Å². The van der Waals surface area contributed by atoms with E-state index in [2.05, 4.69) is 26.8 Å². The Morgan fingerprint density at radius 3 is 2.50 bits per heavy atom. The van der Waals surface area contributed by atoms with Crippen LogP contribution in [0.1, 0.15) is 40.0 Å². The Hall–Kier alpha value is -0.990. The van der Waals surface area contributed by atoms with Crippen molar-refractivity contribution >= 4 is 6.09 Å². The van der Waals surface area contributed by atoms with Crippen LogP contribution in [0.2, 0.25) is 0 Å². The molecule has 1 aliphatic rings. The van der Waals surface area contributed by atoms with Crippen LogP contribution in [0.15, 0.2) is 11.8 Å². The standard InChI is InChI=1S/C13H23NO2/c1-13(2,3)10-6-8-11(9-7-10)14(4)12(15)16-5/h8,10H,6-7,9H2,1-5H3. The highest BCUT2D eigenvalue weighted by Gasteiger charge is 2.27. The van der Waals surface area contributed by atoms with E-state index in [1.165, 1.54) is 7.11 Å². The maximum Gasteiger partial charge on any atom is 0.413 e. The summed E-state index contributed by atoms with van der Waals surface area (Å²) in [6.07, 6.45) is 5.07. The first-order chi connectivity index (χ1) is 7.36. The summed E-state index contributed by atoms with van der Waals surface area (Å²) in [5.41, 5.74) is 1.44. The number of methoxy groups -OCH3 is 1. The lowest BCUT2D eigenvalue weighted by molar-refractivity contribution is 0.139. The molecule has 3 heteroatoms. The van der Waals surface area contributed by atoms with Crippen LogP contribution in [-0.4, -0.2) is 25.2 Å². The Bertz CT molecular complexity index is 289. The highest BCUT2D eigenvalue weighted by molar-refractivity contribution is 5.69. The van der Waals surface area contributed by atoms with Gasteiger partial charge in [-0.3, -0.25) is 4.90 Å². The van der Waals surface area contributed by atoms with Gasteiger partial charge in [0.2, 0.25) is 0 Å². The number of rotatable bonds is 1. The van der Waals surface area contributed by atoms with Gasteiger partial charge in [0.05, 0.1) is 7.11 Å². The topological polar surface area (TPSA) is 29.5 Å². The molecule has 1 rings (SSSR count). The molecule has 0 spiro atoms. The number of allylic oxidation sites excluding steroid dienone is 2. The van der Waals surface area contributed by atoms with Crippen LogP contribution in [0, 0.1) is 11.3 Å². The van der Waals surface area contributed by atoms with Gasteiger partial charge in [-0.2, -0.15) is 0 Å². The molecule has 0 radical (unpaired) electrons. The summed E-state index contributed by atoms with van der Waals surface area (Å²) >= 11 is 0. The third kappa shape index (κ3) is 3.00. The van der Waals surface area contributed by atoms with E-state index >= 15 is 0 Å². The van der Waals surface area contributed by atoms with Gasteiger partial charge < -0.3 is 4.74 Å². The van der Waals surface area contributed by atoms with Crippen molar-refractivity contribution < 1.29 is 9.53 Å². The molecule has 0 bridgehead atoms. The molecule has 16 heavy (non-hydrogen) atoms. The summed E-state index contributed by atoms with van der Waals surface area (Å²) in [5.74, 6) is 0.710. The molecule has 0 aromatic heterocycles. The maximum atomic E-state index is 11.4. The molecule has 1 aliphatic carbocycles. The van der Waals surface area contributed by atoms with E-state index in [1.54, 1.807) is 11.9 Å². The van der Waals surface area contributed by atoms with Gasteiger partial charge in [-0.05, 0) is 30.6 Å². The van der Waals surface area contributed by atoms with E-state index < -0.39 is 0 Å². The minimum atomic E-state index is -0.277. The molecule has 0 saturated heterocycles. The van der Waals surface area contributed by atoms with Crippen LogP contribution < -0.4 is 0 Å². The maximum absolute atomic E-state index is 11.4. The van der Waals surface area contributed by atoms with Gasteiger partial charge in [0.25, 0.3) is 0 Å². The van der Waals surface area contributed by atoms with Crippen molar-refractivity contribution in [1.82, 2.24) is 4.90 Å². The monoisotopic (exact) mass is 225 g/mol. The smallest absolute Gasteiger partial charge is 0.413 e. The molecule has 0 aromatic rings. The number of amides is 1. The number of nitrogens with zero attached hydrogens (tertiary/aromatic N) is 1. The zero-order valence-electron chi connectivity index (χ0n) is 11.0. The number of carbonyl (C=O) groups excluding carboxylic acids is 1. The van der Waals surface area contributed by atoms with Gasteiger partial charge in [-0.1, -0.05) is 26.8 Å². The van der Waals surface area contributed by atoms with Crippen LogP contribution >= 0.6 is 0 Å². The molecule has 0 saturated carbocycles. The summed E-state index contributed by atoms with van der Waals surface area (Å²) < 4.78 is 4.71. The van der Waals surface area contributed by atoms with Crippen molar-refractivity contribution in [3.05, 3.63) is 11.8 Å². The zero-order chi connectivity index (χ0) is 12.3. The average molecular weight is 225 g/mol. The Balaban J connectivity index is 2.63. The zero-order valence-corrected chi connectivity index (χ0v) is 11.0. The summed E-state index contributed by atoms with van der Waals surface area (Å²) in [5, 5.41) is 0.